The van der Waals surface area contributed by atoms with Gasteiger partial charge in [-0.25, -0.2) is 0 Å². The first-order chi connectivity index (χ1) is 6.31. The molecule has 1 aromatic rings. The van der Waals surface area contributed by atoms with Gasteiger partial charge in [0.25, 0.3) is 0 Å². The van der Waals surface area contributed by atoms with Crippen LogP contribution in [0.1, 0.15) is 0 Å². The Balaban J connectivity index is 2.32. The molecule has 0 bridgehead atoms. The van der Waals surface area contributed by atoms with E-state index in [4.69, 9.17) is 22.1 Å². The molecule has 0 aromatic heterocycles. The predicted octanol–water partition coefficient (Wildman–Crippen LogP) is 0.258. The number of nitrogens with zero attached hydrogens (tertiary/aromatic N) is 1. The molecule has 1 aliphatic rings. The fourth-order valence-electron chi connectivity index (χ4n) is 1.17. The Morgan fingerprint density at radius 3 is 2.92 bits per heavy atom. The second-order valence-corrected chi connectivity index (χ2v) is 3.12. The van der Waals surface area contributed by atoms with Gasteiger partial charge in [-0.1, -0.05) is 0 Å². The summed E-state index contributed by atoms with van der Waals surface area (Å²) in [6.45, 7) is 0.467. The van der Waals surface area contributed by atoms with Gasteiger partial charge in [-0.05, 0) is 6.07 Å². The maximum atomic E-state index is 5.74. The number of halogens is 1. The van der Waals surface area contributed by atoms with Crippen LogP contribution in [0.2, 0.25) is 0 Å². The topological polar surface area (TPSA) is 47.6 Å². The Kier molecular flexibility index (Phi) is 2.10. The lowest BCUT2D eigenvalue weighted by Gasteiger charge is -2.08. The molecule has 2 rings (SSSR count). The van der Waals surface area contributed by atoms with Crippen LogP contribution in [0.3, 0.4) is 0 Å². The maximum Gasteiger partial charge on any atom is 0.144 e. The van der Waals surface area contributed by atoms with Gasteiger partial charge < -0.3 is 10.5 Å². The van der Waals surface area contributed by atoms with Gasteiger partial charge in [-0.3, -0.25) is 4.99 Å². The van der Waals surface area contributed by atoms with Gasteiger partial charge >= 0.3 is 0 Å². The Morgan fingerprint density at radius 1 is 1.46 bits per heavy atom. The van der Waals surface area contributed by atoms with Crippen LogP contribution in [0.4, 0.5) is 5.69 Å². The number of rotatable bonds is 3. The third-order valence-electron chi connectivity index (χ3n) is 1.84. The average Bonchev–Trinajstić information content (AvgIpc) is 2.10. The van der Waals surface area contributed by atoms with Gasteiger partial charge in [-0.2, -0.15) is 0 Å². The summed E-state index contributed by atoms with van der Waals surface area (Å²) < 4.78 is 5.32. The number of nitrogens with two attached hydrogens (primary N) is 1. The highest BCUT2D eigenvalue weighted by Crippen LogP contribution is 2.16. The summed E-state index contributed by atoms with van der Waals surface area (Å²) in [5.41, 5.74) is 6.37. The minimum absolute atomic E-state index is 0.458. The first-order valence-electron chi connectivity index (χ1n) is 3.97. The summed E-state index contributed by atoms with van der Waals surface area (Å²) in [5.74, 6) is 1.12. The molecular weight excluding hydrogens is 188 g/mol. The molecule has 4 heteroatoms. The van der Waals surface area contributed by atoms with Crippen molar-refractivity contribution in [2.45, 2.75) is 0 Å². The van der Waals surface area contributed by atoms with Crippen molar-refractivity contribution in [3.8, 4) is 5.75 Å². The minimum Gasteiger partial charge on any atom is -0.490 e. The van der Waals surface area contributed by atoms with Crippen molar-refractivity contribution in [2.75, 3.05) is 18.2 Å². The fraction of sp³-hybridized carbons (Fsp3) is 0.222. The van der Waals surface area contributed by atoms with E-state index in [2.05, 4.69) is 4.99 Å². The molecule has 0 atom stereocenters. The van der Waals surface area contributed by atoms with Crippen molar-refractivity contribution in [1.82, 2.24) is 0 Å². The standard InChI is InChI=1S/C9H9ClN2O/c10-1-2-13-9-4-8-6(5-12-8)3-7(9)11/h3-5H,1-2,11H2. The number of benzene rings is 1. The summed E-state index contributed by atoms with van der Waals surface area (Å²) in [5, 5.41) is 1.99. The van der Waals surface area contributed by atoms with E-state index in [0.717, 1.165) is 10.6 Å². The molecule has 0 unspecified atom stereocenters. The van der Waals surface area contributed by atoms with Crippen LogP contribution in [-0.2, 0) is 0 Å². The molecule has 0 amide bonds. The largest absolute Gasteiger partial charge is 0.490 e. The number of alkyl halides is 1. The molecule has 1 aromatic carbocycles. The summed E-state index contributed by atoms with van der Waals surface area (Å²) in [7, 11) is 0. The first-order valence-corrected chi connectivity index (χ1v) is 4.51. The maximum absolute atomic E-state index is 5.74. The monoisotopic (exact) mass is 196 g/mol. The molecule has 0 radical (unpaired) electrons. The lowest BCUT2D eigenvalue weighted by molar-refractivity contribution is 0.344. The van der Waals surface area contributed by atoms with Crippen LogP contribution in [0.5, 0.6) is 5.75 Å². The van der Waals surface area contributed by atoms with E-state index in [1.54, 1.807) is 6.20 Å². The average molecular weight is 197 g/mol. The molecule has 0 saturated carbocycles. The zero-order valence-corrected chi connectivity index (χ0v) is 7.71. The Bertz CT molecular complexity index is 442. The van der Waals surface area contributed by atoms with Crippen molar-refractivity contribution in [1.29, 1.82) is 0 Å². The van der Waals surface area contributed by atoms with E-state index in [0.29, 0.717) is 23.9 Å². The van der Waals surface area contributed by atoms with Crippen molar-refractivity contribution >= 4 is 23.5 Å². The van der Waals surface area contributed by atoms with E-state index in [9.17, 15) is 0 Å². The van der Waals surface area contributed by atoms with Crippen LogP contribution < -0.4 is 21.0 Å². The van der Waals surface area contributed by atoms with Crippen molar-refractivity contribution in [3.63, 3.8) is 0 Å². The van der Waals surface area contributed by atoms with Gasteiger partial charge in [0.2, 0.25) is 0 Å². The van der Waals surface area contributed by atoms with E-state index in [-0.39, 0.29) is 0 Å². The molecule has 13 heavy (non-hydrogen) atoms. The van der Waals surface area contributed by atoms with Crippen LogP contribution >= 0.6 is 11.6 Å². The lowest BCUT2D eigenvalue weighted by atomic mass is 10.2. The quantitative estimate of drug-likeness (QED) is 0.557. The number of fused-ring (bicyclic) bond motifs is 1. The van der Waals surface area contributed by atoms with Crippen molar-refractivity contribution < 1.29 is 4.74 Å². The smallest absolute Gasteiger partial charge is 0.144 e. The molecule has 1 heterocycles. The second kappa shape index (κ2) is 3.26. The Hall–Kier alpha value is -1.22. The van der Waals surface area contributed by atoms with E-state index in [1.165, 1.54) is 0 Å². The Labute approximate surface area is 80.5 Å². The van der Waals surface area contributed by atoms with Crippen LogP contribution in [0.15, 0.2) is 17.1 Å². The lowest BCUT2D eigenvalue weighted by Crippen LogP contribution is -2.31. The number of ether oxygens (including phenoxy) is 1. The molecule has 3 nitrogen and oxygen atoms in total. The van der Waals surface area contributed by atoms with E-state index < -0.39 is 0 Å². The molecule has 0 saturated heterocycles. The molecule has 2 N–H and O–H groups in total. The van der Waals surface area contributed by atoms with Crippen LogP contribution in [0, 0.1) is 0 Å². The molecule has 0 aliphatic carbocycles. The second-order valence-electron chi connectivity index (χ2n) is 2.74. The van der Waals surface area contributed by atoms with E-state index in [1.807, 2.05) is 12.1 Å². The number of hydrogen-bond acceptors (Lipinski definition) is 3. The Morgan fingerprint density at radius 2 is 2.31 bits per heavy atom. The molecular formula is C9H9ClN2O. The summed E-state index contributed by atoms with van der Waals surface area (Å²) in [4.78, 5) is 4.05. The van der Waals surface area contributed by atoms with Gasteiger partial charge in [0.05, 0.1) is 16.9 Å². The number of nitrogen functional groups attached to an aromatic ring is 1. The normalized spacial score (nSPS) is 12.1. The zero-order chi connectivity index (χ0) is 9.26. The number of hydrogen-bond donors (Lipinski definition) is 1. The fourth-order valence-corrected chi connectivity index (χ4v) is 1.24. The van der Waals surface area contributed by atoms with Crippen molar-refractivity contribution in [2.24, 2.45) is 4.99 Å². The van der Waals surface area contributed by atoms with Gasteiger partial charge in [0.1, 0.15) is 12.4 Å². The molecule has 68 valence electrons. The third kappa shape index (κ3) is 1.47. The summed E-state index contributed by atoms with van der Waals surface area (Å²) >= 11 is 5.49. The third-order valence-corrected chi connectivity index (χ3v) is 1.99. The zero-order valence-electron chi connectivity index (χ0n) is 6.96. The molecule has 0 fully saturated rings. The summed E-state index contributed by atoms with van der Waals surface area (Å²) in [6, 6.07) is 3.68. The number of anilines is 1. The summed E-state index contributed by atoms with van der Waals surface area (Å²) in [6.07, 6.45) is 1.77. The van der Waals surface area contributed by atoms with Crippen molar-refractivity contribution in [3.05, 3.63) is 22.7 Å². The van der Waals surface area contributed by atoms with E-state index >= 15 is 0 Å². The highest BCUT2D eigenvalue weighted by Gasteiger charge is 2.04. The predicted molar refractivity (Wildman–Crippen MR) is 52.3 cm³/mol. The van der Waals surface area contributed by atoms with Gasteiger partial charge in [0.15, 0.2) is 0 Å². The van der Waals surface area contributed by atoms with Crippen LogP contribution in [-0.4, -0.2) is 12.5 Å². The first kappa shape index (κ1) is 8.38. The van der Waals surface area contributed by atoms with Gasteiger partial charge in [0, 0.05) is 17.5 Å². The van der Waals surface area contributed by atoms with Crippen LogP contribution in [0.25, 0.3) is 6.20 Å². The van der Waals surface area contributed by atoms with Gasteiger partial charge in [-0.15, -0.1) is 11.6 Å². The highest BCUT2D eigenvalue weighted by molar-refractivity contribution is 6.18. The highest BCUT2D eigenvalue weighted by atomic mass is 35.5. The molecule has 0 spiro atoms. The molecule has 1 aliphatic heterocycles. The minimum atomic E-state index is 0.458. The SMILES string of the molecule is Nc1cc2c(cc1OCCCl)=NC=2.